The van der Waals surface area contributed by atoms with Crippen LogP contribution in [-0.2, 0) is 7.05 Å². The molecular weight excluding hydrogens is 309 g/mol. The van der Waals surface area contributed by atoms with Gasteiger partial charge in [-0.1, -0.05) is 22.9 Å². The monoisotopic (exact) mass is 325 g/mol. The molecule has 0 saturated carbocycles. The lowest BCUT2D eigenvalue weighted by Crippen LogP contribution is -2.26. The number of hydrogen-bond acceptors (Lipinski definition) is 2. The van der Waals surface area contributed by atoms with Crippen LogP contribution >= 0.6 is 15.9 Å². The lowest BCUT2D eigenvalue weighted by molar-refractivity contribution is 0.519. The molecule has 1 atom stereocenters. The highest BCUT2D eigenvalue weighted by Crippen LogP contribution is 2.26. The molecule has 0 aliphatic heterocycles. The quantitative estimate of drug-likeness (QED) is 0.912. The fourth-order valence-electron chi connectivity index (χ4n) is 2.02. The van der Waals surface area contributed by atoms with Crippen molar-refractivity contribution in [3.63, 3.8) is 0 Å². The Bertz CT molecular complexity index is 553. The normalized spacial score (nSPS) is 12.6. The summed E-state index contributed by atoms with van der Waals surface area (Å²) in [5, 5.41) is 3.35. The molecule has 1 aromatic carbocycles. The first-order valence-corrected chi connectivity index (χ1v) is 7.08. The van der Waals surface area contributed by atoms with E-state index >= 15 is 0 Å². The lowest BCUT2D eigenvalue weighted by atomic mass is 10.1. The molecule has 5 heteroatoms. The van der Waals surface area contributed by atoms with Crippen molar-refractivity contribution in [1.29, 1.82) is 0 Å². The average molecular weight is 326 g/mol. The molecule has 1 heterocycles. The van der Waals surface area contributed by atoms with Crippen LogP contribution in [0.4, 0.5) is 4.39 Å². The Balaban J connectivity index is 2.42. The average Bonchev–Trinajstić information content (AvgIpc) is 2.80. The van der Waals surface area contributed by atoms with E-state index in [0.29, 0.717) is 5.56 Å². The van der Waals surface area contributed by atoms with Gasteiger partial charge >= 0.3 is 0 Å². The van der Waals surface area contributed by atoms with E-state index in [1.165, 1.54) is 6.07 Å². The smallest absolute Gasteiger partial charge is 0.130 e. The molecule has 0 aliphatic rings. The number of nitrogens with zero attached hydrogens (tertiary/aromatic N) is 2. The molecule has 102 valence electrons. The van der Waals surface area contributed by atoms with E-state index in [-0.39, 0.29) is 11.9 Å². The molecule has 3 nitrogen and oxygen atoms in total. The van der Waals surface area contributed by atoms with Gasteiger partial charge in [0.2, 0.25) is 0 Å². The Hall–Kier alpha value is -1.20. The highest BCUT2D eigenvalue weighted by Gasteiger charge is 2.21. The summed E-state index contributed by atoms with van der Waals surface area (Å²) in [6.07, 6.45) is 4.58. The van der Waals surface area contributed by atoms with Gasteiger partial charge < -0.3 is 9.88 Å². The van der Waals surface area contributed by atoms with Crippen LogP contribution in [0, 0.1) is 5.82 Å². The Morgan fingerprint density at radius 3 is 2.89 bits per heavy atom. The number of rotatable bonds is 5. The van der Waals surface area contributed by atoms with Crippen LogP contribution in [0.5, 0.6) is 0 Å². The molecule has 2 rings (SSSR count). The van der Waals surface area contributed by atoms with Crippen molar-refractivity contribution in [1.82, 2.24) is 14.9 Å². The SMILES string of the molecule is CCCNC(c1cc(Br)ccc1F)c1nccn1C. The van der Waals surface area contributed by atoms with Crippen LogP contribution in [0.3, 0.4) is 0 Å². The van der Waals surface area contributed by atoms with E-state index in [4.69, 9.17) is 0 Å². The van der Waals surface area contributed by atoms with Crippen LogP contribution < -0.4 is 5.32 Å². The molecule has 0 aliphatic carbocycles. The maximum atomic E-state index is 14.1. The molecule has 1 N–H and O–H groups in total. The fraction of sp³-hybridized carbons (Fsp3) is 0.357. The highest BCUT2D eigenvalue weighted by atomic mass is 79.9. The number of imidazole rings is 1. The van der Waals surface area contributed by atoms with Gasteiger partial charge in [-0.2, -0.15) is 0 Å². The Morgan fingerprint density at radius 1 is 1.47 bits per heavy atom. The number of nitrogens with one attached hydrogen (secondary N) is 1. The van der Waals surface area contributed by atoms with Crippen LogP contribution in [0.15, 0.2) is 35.1 Å². The van der Waals surface area contributed by atoms with Gasteiger partial charge in [0.25, 0.3) is 0 Å². The van der Waals surface area contributed by atoms with Crippen molar-refractivity contribution < 1.29 is 4.39 Å². The van der Waals surface area contributed by atoms with Crippen LogP contribution in [0.25, 0.3) is 0 Å². The van der Waals surface area contributed by atoms with Crippen molar-refractivity contribution in [3.8, 4) is 0 Å². The van der Waals surface area contributed by atoms with Gasteiger partial charge in [-0.3, -0.25) is 0 Å². The molecule has 1 aromatic heterocycles. The number of hydrogen-bond donors (Lipinski definition) is 1. The third-order valence-corrected chi connectivity index (χ3v) is 3.48. The number of benzene rings is 1. The summed E-state index contributed by atoms with van der Waals surface area (Å²) in [4.78, 5) is 4.33. The Labute approximate surface area is 121 Å². The predicted octanol–water partition coefficient (Wildman–Crippen LogP) is 3.41. The molecule has 1 unspecified atom stereocenters. The second kappa shape index (κ2) is 6.30. The van der Waals surface area contributed by atoms with Crippen LogP contribution in [0.2, 0.25) is 0 Å². The summed E-state index contributed by atoms with van der Waals surface area (Å²) in [7, 11) is 1.92. The molecule has 0 radical (unpaired) electrons. The van der Waals surface area contributed by atoms with E-state index < -0.39 is 0 Å². The van der Waals surface area contributed by atoms with E-state index in [2.05, 4.69) is 33.2 Å². The maximum Gasteiger partial charge on any atom is 0.130 e. The van der Waals surface area contributed by atoms with Crippen molar-refractivity contribution in [2.75, 3.05) is 6.54 Å². The van der Waals surface area contributed by atoms with Gasteiger partial charge in [0.05, 0.1) is 6.04 Å². The lowest BCUT2D eigenvalue weighted by Gasteiger charge is -2.19. The summed E-state index contributed by atoms with van der Waals surface area (Å²) >= 11 is 3.39. The highest BCUT2D eigenvalue weighted by molar-refractivity contribution is 9.10. The first kappa shape index (κ1) is 14.2. The summed E-state index contributed by atoms with van der Waals surface area (Å²) in [6, 6.07) is 4.74. The standard InChI is InChI=1S/C14H17BrFN3/c1-3-6-17-13(14-18-7-8-19(14)2)11-9-10(15)4-5-12(11)16/h4-5,7-9,13,17H,3,6H2,1-2H3. The molecule has 0 amide bonds. The molecule has 0 fully saturated rings. The minimum Gasteiger partial charge on any atom is -0.336 e. The van der Waals surface area contributed by atoms with Gasteiger partial charge in [-0.25, -0.2) is 9.37 Å². The zero-order valence-corrected chi connectivity index (χ0v) is 12.6. The minimum atomic E-state index is -0.238. The van der Waals surface area contributed by atoms with Crippen LogP contribution in [-0.4, -0.2) is 16.1 Å². The maximum absolute atomic E-state index is 14.1. The molecule has 0 saturated heterocycles. The van der Waals surface area contributed by atoms with Gasteiger partial charge in [0.1, 0.15) is 11.6 Å². The first-order valence-electron chi connectivity index (χ1n) is 6.29. The van der Waals surface area contributed by atoms with Gasteiger partial charge in [-0.05, 0) is 31.2 Å². The zero-order valence-electron chi connectivity index (χ0n) is 11.0. The van der Waals surface area contributed by atoms with Crippen molar-refractivity contribution >= 4 is 15.9 Å². The largest absolute Gasteiger partial charge is 0.336 e. The third kappa shape index (κ3) is 3.22. The van der Waals surface area contributed by atoms with Crippen molar-refractivity contribution in [2.45, 2.75) is 19.4 Å². The predicted molar refractivity (Wildman–Crippen MR) is 77.4 cm³/mol. The summed E-state index contributed by atoms with van der Waals surface area (Å²) < 4.78 is 16.8. The molecule has 0 bridgehead atoms. The third-order valence-electron chi connectivity index (χ3n) is 2.98. The topological polar surface area (TPSA) is 29.9 Å². The van der Waals surface area contributed by atoms with Crippen molar-refractivity contribution in [3.05, 3.63) is 52.3 Å². The van der Waals surface area contributed by atoms with Crippen LogP contribution in [0.1, 0.15) is 30.8 Å². The van der Waals surface area contributed by atoms with E-state index in [0.717, 1.165) is 23.3 Å². The Morgan fingerprint density at radius 2 is 2.26 bits per heavy atom. The summed E-state index contributed by atoms with van der Waals surface area (Å²) in [5.74, 6) is 0.588. The number of aryl methyl sites for hydroxylation is 1. The molecule has 2 aromatic rings. The van der Waals surface area contributed by atoms with Gasteiger partial charge in [0.15, 0.2) is 0 Å². The fourth-order valence-corrected chi connectivity index (χ4v) is 2.40. The summed E-state index contributed by atoms with van der Waals surface area (Å²) in [6.45, 7) is 2.89. The molecule has 19 heavy (non-hydrogen) atoms. The number of aromatic nitrogens is 2. The summed E-state index contributed by atoms with van der Waals surface area (Å²) in [5.41, 5.74) is 0.608. The van der Waals surface area contributed by atoms with Gasteiger partial charge in [0, 0.05) is 29.5 Å². The first-order chi connectivity index (χ1) is 9.13. The van der Waals surface area contributed by atoms with E-state index in [1.807, 2.05) is 17.8 Å². The molecular formula is C14H17BrFN3. The van der Waals surface area contributed by atoms with Crippen molar-refractivity contribution in [2.24, 2.45) is 7.05 Å². The zero-order chi connectivity index (χ0) is 13.8. The van der Waals surface area contributed by atoms with E-state index in [1.54, 1.807) is 18.3 Å². The minimum absolute atomic E-state index is 0.222. The number of halogens is 2. The second-order valence-electron chi connectivity index (χ2n) is 4.45. The van der Waals surface area contributed by atoms with E-state index in [9.17, 15) is 4.39 Å². The second-order valence-corrected chi connectivity index (χ2v) is 5.36. The van der Waals surface area contributed by atoms with Gasteiger partial charge in [-0.15, -0.1) is 0 Å². The molecule has 0 spiro atoms. The Kier molecular flexibility index (Phi) is 4.71.